The third-order valence-corrected chi connectivity index (χ3v) is 5.29. The van der Waals surface area contributed by atoms with Crippen molar-refractivity contribution in [2.24, 2.45) is 5.92 Å². The molecule has 2 aliphatic rings. The summed E-state index contributed by atoms with van der Waals surface area (Å²) >= 11 is 0.807. The van der Waals surface area contributed by atoms with Crippen molar-refractivity contribution in [3.05, 3.63) is 34.2 Å². The predicted octanol–water partition coefficient (Wildman–Crippen LogP) is 3.70. The number of esters is 1. The van der Waals surface area contributed by atoms with Crippen molar-refractivity contribution in [1.29, 1.82) is 0 Å². The summed E-state index contributed by atoms with van der Waals surface area (Å²) in [5, 5.41) is 1.75. The van der Waals surface area contributed by atoms with Crippen LogP contribution in [0.2, 0.25) is 0 Å². The van der Waals surface area contributed by atoms with Gasteiger partial charge in [0, 0.05) is 6.42 Å². The molecule has 6 nitrogen and oxygen atoms in total. The van der Waals surface area contributed by atoms with Gasteiger partial charge in [-0.2, -0.15) is 0 Å². The van der Waals surface area contributed by atoms with E-state index in [0.29, 0.717) is 17.9 Å². The van der Waals surface area contributed by atoms with E-state index in [0.717, 1.165) is 37.4 Å². The first-order valence-corrected chi connectivity index (χ1v) is 9.34. The molecule has 136 valence electrons. The number of benzene rings is 1. The lowest BCUT2D eigenvalue weighted by Gasteiger charge is -2.11. The van der Waals surface area contributed by atoms with Gasteiger partial charge in [0.25, 0.3) is 11.1 Å². The van der Waals surface area contributed by atoms with Crippen LogP contribution >= 0.6 is 11.8 Å². The Balaban J connectivity index is 1.77. The van der Waals surface area contributed by atoms with Gasteiger partial charge >= 0.3 is 5.97 Å². The van der Waals surface area contributed by atoms with Crippen LogP contribution in [0.4, 0.5) is 4.79 Å². The maximum absolute atomic E-state index is 12.1. The van der Waals surface area contributed by atoms with E-state index in [1.807, 2.05) is 0 Å². The summed E-state index contributed by atoms with van der Waals surface area (Å²) in [5.41, 5.74) is 0.854. The van der Waals surface area contributed by atoms with Crippen LogP contribution < -0.4 is 10.1 Å². The Morgan fingerprint density at radius 3 is 2.62 bits per heavy atom. The zero-order chi connectivity index (χ0) is 18.7. The molecule has 1 saturated heterocycles. The van der Waals surface area contributed by atoms with E-state index >= 15 is 0 Å². The minimum atomic E-state index is -0.462. The molecule has 1 aliphatic carbocycles. The minimum absolute atomic E-state index is 0.224. The van der Waals surface area contributed by atoms with Crippen molar-refractivity contribution in [3.8, 4) is 5.75 Å². The number of nitrogens with one attached hydrogen (secondary N) is 1. The van der Waals surface area contributed by atoms with Crippen LogP contribution in [0, 0.1) is 5.92 Å². The largest absolute Gasteiger partial charge is 0.426 e. The third kappa shape index (κ3) is 4.40. The second-order valence-electron chi connectivity index (χ2n) is 6.49. The third-order valence-electron chi connectivity index (χ3n) is 4.48. The van der Waals surface area contributed by atoms with Gasteiger partial charge in [-0.15, -0.1) is 0 Å². The zero-order valence-corrected chi connectivity index (χ0v) is 15.2. The molecule has 7 heteroatoms. The molecule has 2 amide bonds. The fourth-order valence-electron chi connectivity index (χ4n) is 3.19. The van der Waals surface area contributed by atoms with Crippen molar-refractivity contribution < 1.29 is 23.9 Å². The van der Waals surface area contributed by atoms with Crippen molar-refractivity contribution in [2.75, 3.05) is 0 Å². The van der Waals surface area contributed by atoms with E-state index in [1.54, 1.807) is 18.2 Å². The van der Waals surface area contributed by atoms with Gasteiger partial charge in [-0.05, 0) is 61.2 Å². The Hall–Kier alpha value is -2.41. The molecule has 0 bridgehead atoms. The fraction of sp³-hybridized carbons (Fsp3) is 0.368. The summed E-state index contributed by atoms with van der Waals surface area (Å²) in [6.45, 7) is 1.39. The average molecular weight is 373 g/mol. The van der Waals surface area contributed by atoms with Crippen molar-refractivity contribution in [3.63, 3.8) is 0 Å². The normalized spacial score (nSPS) is 19.0. The highest BCUT2D eigenvalue weighted by atomic mass is 32.2. The molecule has 0 spiro atoms. The van der Waals surface area contributed by atoms with Gasteiger partial charge in [-0.3, -0.25) is 24.5 Å². The highest BCUT2D eigenvalue weighted by Crippen LogP contribution is 2.30. The van der Waals surface area contributed by atoms with Crippen LogP contribution in [0.15, 0.2) is 23.1 Å². The second-order valence-corrected chi connectivity index (χ2v) is 7.51. The summed E-state index contributed by atoms with van der Waals surface area (Å²) in [5.74, 6) is -0.447. The maximum Gasteiger partial charge on any atom is 0.311 e. The average Bonchev–Trinajstić information content (AvgIpc) is 3.18. The number of imide groups is 1. The molecule has 0 atom stereocenters. The Labute approximate surface area is 155 Å². The molecule has 26 heavy (non-hydrogen) atoms. The Morgan fingerprint density at radius 1 is 1.27 bits per heavy atom. The van der Waals surface area contributed by atoms with Gasteiger partial charge < -0.3 is 4.74 Å². The molecule has 2 fully saturated rings. The number of thioether (sulfide) groups is 1. The topological polar surface area (TPSA) is 89.5 Å². The van der Waals surface area contributed by atoms with Gasteiger partial charge in [-0.25, -0.2) is 0 Å². The standard InChI is InChI=1S/C19H19NO5S/c1-11(21)14-8-13(9-16-18(23)20-19(24)26-16)6-7-15(14)25-17(22)10-12-4-2-3-5-12/h6-9,12H,2-5,10H2,1H3,(H,20,23,24)/b16-9-. The van der Waals surface area contributed by atoms with Crippen LogP contribution in [0.5, 0.6) is 5.75 Å². The molecular weight excluding hydrogens is 354 g/mol. The molecular formula is C19H19NO5S. The molecule has 1 aromatic carbocycles. The van der Waals surface area contributed by atoms with E-state index < -0.39 is 11.1 Å². The van der Waals surface area contributed by atoms with Crippen molar-refractivity contribution in [1.82, 2.24) is 5.32 Å². The number of amides is 2. The van der Waals surface area contributed by atoms with E-state index in [2.05, 4.69) is 5.32 Å². The van der Waals surface area contributed by atoms with Crippen molar-refractivity contribution in [2.45, 2.75) is 39.0 Å². The number of hydrogen-bond donors (Lipinski definition) is 1. The summed E-state index contributed by atoms with van der Waals surface area (Å²) in [6, 6.07) is 4.76. The van der Waals surface area contributed by atoms with Gasteiger partial charge in [-0.1, -0.05) is 18.9 Å². The van der Waals surface area contributed by atoms with E-state index in [-0.39, 0.29) is 28.0 Å². The molecule has 1 heterocycles. The highest BCUT2D eigenvalue weighted by molar-refractivity contribution is 8.18. The van der Waals surface area contributed by atoms with Crippen molar-refractivity contribution >= 4 is 40.7 Å². The van der Waals surface area contributed by atoms with Gasteiger partial charge in [0.1, 0.15) is 5.75 Å². The summed E-state index contributed by atoms with van der Waals surface area (Å²) in [4.78, 5) is 47.2. The van der Waals surface area contributed by atoms with Crippen LogP contribution in [0.3, 0.4) is 0 Å². The molecule has 1 saturated carbocycles. The highest BCUT2D eigenvalue weighted by Gasteiger charge is 2.25. The van der Waals surface area contributed by atoms with Gasteiger partial charge in [0.2, 0.25) is 0 Å². The molecule has 1 aromatic rings. The number of hydrogen-bond acceptors (Lipinski definition) is 6. The van der Waals surface area contributed by atoms with Crippen LogP contribution in [0.25, 0.3) is 6.08 Å². The monoisotopic (exact) mass is 373 g/mol. The van der Waals surface area contributed by atoms with E-state index in [9.17, 15) is 19.2 Å². The summed E-state index contributed by atoms with van der Waals surface area (Å²) < 4.78 is 5.41. The molecule has 3 rings (SSSR count). The Morgan fingerprint density at radius 2 is 2.00 bits per heavy atom. The minimum Gasteiger partial charge on any atom is -0.426 e. The lowest BCUT2D eigenvalue weighted by molar-refractivity contribution is -0.135. The molecule has 1 aliphatic heterocycles. The summed E-state index contributed by atoms with van der Waals surface area (Å²) in [6.07, 6.45) is 6.27. The SMILES string of the molecule is CC(=O)c1cc(/C=C2\SC(=O)NC2=O)ccc1OC(=O)CC1CCCC1. The molecule has 0 aromatic heterocycles. The van der Waals surface area contributed by atoms with Gasteiger partial charge in [0.05, 0.1) is 10.5 Å². The van der Waals surface area contributed by atoms with Gasteiger partial charge in [0.15, 0.2) is 5.78 Å². The quantitative estimate of drug-likeness (QED) is 0.366. The van der Waals surface area contributed by atoms with Crippen LogP contribution in [0.1, 0.15) is 54.9 Å². The number of carbonyl (C=O) groups is 4. The number of carbonyl (C=O) groups excluding carboxylic acids is 4. The van der Waals surface area contributed by atoms with E-state index in [4.69, 9.17) is 4.74 Å². The molecule has 0 unspecified atom stereocenters. The first kappa shape index (κ1) is 18.4. The lowest BCUT2D eigenvalue weighted by Crippen LogP contribution is -2.17. The second kappa shape index (κ2) is 7.86. The lowest BCUT2D eigenvalue weighted by atomic mass is 10.0. The number of Topliss-reactive ketones (excluding diaryl/α,β-unsaturated/α-hetero) is 1. The molecule has 0 radical (unpaired) electrons. The van der Waals surface area contributed by atoms with Crippen LogP contribution in [-0.2, 0) is 9.59 Å². The van der Waals surface area contributed by atoms with E-state index in [1.165, 1.54) is 13.0 Å². The number of ketones is 1. The molecule has 1 N–H and O–H groups in total. The smallest absolute Gasteiger partial charge is 0.311 e. The Bertz CT molecular complexity index is 808. The fourth-order valence-corrected chi connectivity index (χ4v) is 3.87. The first-order chi connectivity index (χ1) is 12.4. The number of ether oxygens (including phenoxy) is 1. The zero-order valence-electron chi connectivity index (χ0n) is 14.4. The predicted molar refractivity (Wildman–Crippen MR) is 97.8 cm³/mol. The maximum atomic E-state index is 12.1. The van der Waals surface area contributed by atoms with Crippen LogP contribution in [-0.4, -0.2) is 22.9 Å². The first-order valence-electron chi connectivity index (χ1n) is 8.53. The number of rotatable bonds is 5. The Kier molecular flexibility index (Phi) is 5.56. The summed E-state index contributed by atoms with van der Waals surface area (Å²) in [7, 11) is 0.